The summed E-state index contributed by atoms with van der Waals surface area (Å²) in [5.74, 6) is 0.286. The Morgan fingerprint density at radius 2 is 2.03 bits per heavy atom. The summed E-state index contributed by atoms with van der Waals surface area (Å²) >= 11 is 16.6. The number of rotatable bonds is 6. The first-order valence-corrected chi connectivity index (χ1v) is 12.5. The topological polar surface area (TPSA) is 75.2 Å². The fraction of sp³-hybridized carbons (Fsp3) is 0.263. The first kappa shape index (κ1) is 21.6. The van der Waals surface area contributed by atoms with Crippen molar-refractivity contribution in [1.29, 1.82) is 0 Å². The highest BCUT2D eigenvalue weighted by atomic mass is 35.5. The second-order valence-electron chi connectivity index (χ2n) is 6.55. The van der Waals surface area contributed by atoms with E-state index >= 15 is 0 Å². The minimum absolute atomic E-state index is 0.262. The summed E-state index contributed by atoms with van der Waals surface area (Å²) < 4.78 is 0.784. The van der Waals surface area contributed by atoms with Gasteiger partial charge in [0, 0.05) is 32.8 Å². The van der Waals surface area contributed by atoms with E-state index in [-0.39, 0.29) is 11.8 Å². The smallest absolute Gasteiger partial charge is 0.254 e. The van der Waals surface area contributed by atoms with Gasteiger partial charge in [0.05, 0.1) is 0 Å². The fourth-order valence-electron chi connectivity index (χ4n) is 3.16. The van der Waals surface area contributed by atoms with Gasteiger partial charge in [0.25, 0.3) is 5.91 Å². The second-order valence-corrected chi connectivity index (χ2v) is 10.7. The van der Waals surface area contributed by atoms with Crippen molar-refractivity contribution in [2.45, 2.75) is 29.0 Å². The van der Waals surface area contributed by atoms with Gasteiger partial charge in [-0.25, -0.2) is 0 Å². The van der Waals surface area contributed by atoms with Crippen LogP contribution < -0.4 is 5.32 Å². The Kier molecular flexibility index (Phi) is 6.94. The summed E-state index contributed by atoms with van der Waals surface area (Å²) in [6.07, 6.45) is 1.33. The van der Waals surface area contributed by atoms with Crippen LogP contribution in [0, 0.1) is 0 Å². The van der Waals surface area contributed by atoms with E-state index < -0.39 is 6.04 Å². The van der Waals surface area contributed by atoms with Crippen molar-refractivity contribution in [2.75, 3.05) is 11.9 Å². The Morgan fingerprint density at radius 1 is 1.23 bits per heavy atom. The van der Waals surface area contributed by atoms with Gasteiger partial charge in [-0.15, -0.1) is 21.5 Å². The molecular formula is C19H16Cl2N4O2S3. The van der Waals surface area contributed by atoms with Crippen LogP contribution in [0.5, 0.6) is 0 Å². The lowest BCUT2D eigenvalue weighted by Gasteiger charge is -2.23. The quantitative estimate of drug-likeness (QED) is 0.361. The van der Waals surface area contributed by atoms with Gasteiger partial charge in [-0.05, 0) is 42.5 Å². The number of aromatic nitrogens is 2. The average molecular weight is 499 g/mol. The zero-order chi connectivity index (χ0) is 21.1. The molecule has 0 aliphatic carbocycles. The molecule has 1 aliphatic rings. The van der Waals surface area contributed by atoms with Gasteiger partial charge in [-0.2, -0.15) is 0 Å². The molecule has 4 rings (SSSR count). The van der Waals surface area contributed by atoms with Gasteiger partial charge in [0.2, 0.25) is 11.0 Å². The van der Waals surface area contributed by atoms with Crippen LogP contribution in [0.2, 0.25) is 10.0 Å². The van der Waals surface area contributed by atoms with Crippen LogP contribution in [-0.2, 0) is 10.5 Å². The van der Waals surface area contributed by atoms with Crippen molar-refractivity contribution in [1.82, 2.24) is 15.1 Å². The van der Waals surface area contributed by atoms with Crippen LogP contribution in [-0.4, -0.2) is 39.5 Å². The van der Waals surface area contributed by atoms with Crippen LogP contribution in [0.4, 0.5) is 5.13 Å². The molecule has 1 aromatic carbocycles. The lowest BCUT2D eigenvalue weighted by atomic mass is 10.1. The molecule has 1 saturated heterocycles. The van der Waals surface area contributed by atoms with Crippen LogP contribution in [0.15, 0.2) is 40.1 Å². The van der Waals surface area contributed by atoms with Crippen molar-refractivity contribution in [3.05, 3.63) is 56.2 Å². The molecule has 1 N–H and O–H groups in total. The third-order valence-corrected chi connectivity index (χ3v) is 8.00. The van der Waals surface area contributed by atoms with Crippen LogP contribution in [0.3, 0.4) is 0 Å². The molecule has 2 amide bonds. The average Bonchev–Trinajstić information content (AvgIpc) is 3.46. The number of likely N-dealkylation sites (tertiary alicyclic amines) is 1. The molecule has 1 atom stereocenters. The van der Waals surface area contributed by atoms with Gasteiger partial charge < -0.3 is 4.90 Å². The first-order chi connectivity index (χ1) is 14.5. The van der Waals surface area contributed by atoms with Gasteiger partial charge in [-0.3, -0.25) is 14.9 Å². The highest BCUT2D eigenvalue weighted by molar-refractivity contribution is 8.00. The van der Waals surface area contributed by atoms with Crippen LogP contribution >= 0.6 is 57.6 Å². The van der Waals surface area contributed by atoms with Crippen molar-refractivity contribution >= 4 is 74.6 Å². The lowest BCUT2D eigenvalue weighted by Crippen LogP contribution is -2.43. The van der Waals surface area contributed by atoms with Crippen molar-refractivity contribution in [3.8, 4) is 0 Å². The maximum absolute atomic E-state index is 12.9. The van der Waals surface area contributed by atoms with E-state index in [4.69, 9.17) is 23.2 Å². The van der Waals surface area contributed by atoms with E-state index in [1.165, 1.54) is 16.2 Å². The van der Waals surface area contributed by atoms with E-state index in [0.717, 1.165) is 16.5 Å². The molecule has 6 nitrogen and oxygen atoms in total. The van der Waals surface area contributed by atoms with Gasteiger partial charge >= 0.3 is 0 Å². The lowest BCUT2D eigenvalue weighted by molar-refractivity contribution is -0.119. The number of thiophene rings is 1. The molecule has 30 heavy (non-hydrogen) atoms. The second kappa shape index (κ2) is 9.65. The molecule has 11 heteroatoms. The summed E-state index contributed by atoms with van der Waals surface area (Å²) in [4.78, 5) is 28.6. The maximum Gasteiger partial charge on any atom is 0.254 e. The monoisotopic (exact) mass is 498 g/mol. The predicted octanol–water partition coefficient (Wildman–Crippen LogP) is 5.44. The predicted molar refractivity (Wildman–Crippen MR) is 123 cm³/mol. The number of benzene rings is 1. The highest BCUT2D eigenvalue weighted by Crippen LogP contribution is 2.30. The highest BCUT2D eigenvalue weighted by Gasteiger charge is 2.35. The first-order valence-electron chi connectivity index (χ1n) is 9.06. The van der Waals surface area contributed by atoms with E-state index in [2.05, 4.69) is 21.6 Å². The molecule has 0 bridgehead atoms. The molecule has 1 unspecified atom stereocenters. The number of thioether (sulfide) groups is 1. The Labute approximate surface area is 195 Å². The molecule has 0 spiro atoms. The number of amides is 2. The number of carbonyl (C=O) groups is 2. The summed E-state index contributed by atoms with van der Waals surface area (Å²) in [6.45, 7) is 0.499. The molecular weight excluding hydrogens is 483 g/mol. The summed E-state index contributed by atoms with van der Waals surface area (Å²) in [5.41, 5.74) is 0.371. The van der Waals surface area contributed by atoms with E-state index in [0.29, 0.717) is 33.7 Å². The summed E-state index contributed by atoms with van der Waals surface area (Å²) in [5, 5.41) is 14.2. The van der Waals surface area contributed by atoms with Crippen LogP contribution in [0.25, 0.3) is 0 Å². The molecule has 0 radical (unpaired) electrons. The number of halogens is 2. The number of nitrogens with zero attached hydrogens (tertiary/aromatic N) is 3. The van der Waals surface area contributed by atoms with E-state index in [9.17, 15) is 9.59 Å². The van der Waals surface area contributed by atoms with Gasteiger partial charge in [-0.1, -0.05) is 52.4 Å². The van der Waals surface area contributed by atoms with Gasteiger partial charge in [0.15, 0.2) is 4.34 Å². The van der Waals surface area contributed by atoms with E-state index in [1.807, 2.05) is 11.4 Å². The van der Waals surface area contributed by atoms with Crippen molar-refractivity contribution < 1.29 is 9.59 Å². The fourth-order valence-corrected chi connectivity index (χ4v) is 6.21. The Morgan fingerprint density at radius 3 is 2.77 bits per heavy atom. The number of anilines is 1. The Hall–Kier alpha value is -1.65. The molecule has 156 valence electrons. The van der Waals surface area contributed by atoms with Crippen molar-refractivity contribution in [2.24, 2.45) is 0 Å². The standard InChI is InChI=1S/C19H16Cl2N4O2S3/c20-12-7-11(8-13(21)9-12)17(27)25-5-1-4-15(25)16(26)22-18-23-24-19(30-18)29-10-14-3-2-6-28-14/h2-3,6-9,15H,1,4-5,10H2,(H,22,23,26). The van der Waals surface area contributed by atoms with Gasteiger partial charge in [0.1, 0.15) is 6.04 Å². The summed E-state index contributed by atoms with van der Waals surface area (Å²) in [6, 6.07) is 8.20. The number of hydrogen-bond donors (Lipinski definition) is 1. The molecule has 3 heterocycles. The van der Waals surface area contributed by atoms with E-state index in [1.54, 1.807) is 46.2 Å². The number of nitrogens with one attached hydrogen (secondary N) is 1. The Bertz CT molecular complexity index is 1040. The molecule has 2 aromatic heterocycles. The molecule has 1 fully saturated rings. The molecule has 1 aliphatic heterocycles. The largest absolute Gasteiger partial charge is 0.327 e. The molecule has 0 saturated carbocycles. The Balaban J connectivity index is 1.39. The van der Waals surface area contributed by atoms with Crippen molar-refractivity contribution in [3.63, 3.8) is 0 Å². The third-order valence-electron chi connectivity index (χ3n) is 4.48. The zero-order valence-electron chi connectivity index (χ0n) is 15.5. The number of hydrogen-bond acceptors (Lipinski definition) is 7. The molecule has 3 aromatic rings. The normalized spacial score (nSPS) is 16.1. The summed E-state index contributed by atoms with van der Waals surface area (Å²) in [7, 11) is 0. The number of carbonyl (C=O) groups excluding carboxylic acids is 2. The zero-order valence-corrected chi connectivity index (χ0v) is 19.5. The maximum atomic E-state index is 12.9. The third kappa shape index (κ3) is 5.15. The van der Waals surface area contributed by atoms with Crippen LogP contribution in [0.1, 0.15) is 28.1 Å². The minimum atomic E-state index is -0.568. The minimum Gasteiger partial charge on any atom is -0.327 e. The SMILES string of the molecule is O=C(Nc1nnc(SCc2cccs2)s1)C1CCCN1C(=O)c1cc(Cl)cc(Cl)c1.